The number of ether oxygens (including phenoxy) is 1. The van der Waals surface area contributed by atoms with Gasteiger partial charge in [0.25, 0.3) is 5.91 Å². The normalized spacial score (nSPS) is 12.6. The first kappa shape index (κ1) is 20.7. The third kappa shape index (κ3) is 4.95. The van der Waals surface area contributed by atoms with Gasteiger partial charge in [-0.25, -0.2) is 4.79 Å². The van der Waals surface area contributed by atoms with Crippen LogP contribution in [-0.2, 0) is 13.0 Å². The Labute approximate surface area is 185 Å². The summed E-state index contributed by atoms with van der Waals surface area (Å²) in [4.78, 5) is 30.3. The zero-order valence-corrected chi connectivity index (χ0v) is 17.6. The molecular formula is C23H21ClN4O3. The Morgan fingerprint density at radius 2 is 1.81 bits per heavy atom. The molecule has 7 nitrogen and oxygen atoms in total. The molecule has 4 rings (SSSR count). The molecule has 0 unspecified atom stereocenters. The van der Waals surface area contributed by atoms with Crippen LogP contribution in [0.1, 0.15) is 21.6 Å². The van der Waals surface area contributed by atoms with Gasteiger partial charge in [0.1, 0.15) is 17.2 Å². The molecule has 3 amide bonds. The van der Waals surface area contributed by atoms with Gasteiger partial charge in [0.15, 0.2) is 0 Å². The average molecular weight is 437 g/mol. The van der Waals surface area contributed by atoms with Crippen LogP contribution in [0.5, 0.6) is 11.5 Å². The zero-order valence-electron chi connectivity index (χ0n) is 16.9. The van der Waals surface area contributed by atoms with E-state index in [0.29, 0.717) is 35.3 Å². The molecule has 0 fully saturated rings. The molecule has 31 heavy (non-hydrogen) atoms. The van der Waals surface area contributed by atoms with E-state index in [1.807, 2.05) is 18.2 Å². The van der Waals surface area contributed by atoms with Gasteiger partial charge in [-0.15, -0.1) is 0 Å². The Bertz CT molecular complexity index is 1120. The minimum Gasteiger partial charge on any atom is -0.457 e. The van der Waals surface area contributed by atoms with Crippen LogP contribution in [0.3, 0.4) is 0 Å². The number of urea groups is 1. The molecule has 0 radical (unpaired) electrons. The van der Waals surface area contributed by atoms with Crippen LogP contribution < -0.4 is 15.4 Å². The van der Waals surface area contributed by atoms with Crippen LogP contribution in [0, 0.1) is 0 Å². The second-order valence-electron chi connectivity index (χ2n) is 7.10. The summed E-state index contributed by atoms with van der Waals surface area (Å²) in [6, 6.07) is 16.0. The molecule has 3 aromatic rings. The van der Waals surface area contributed by atoms with Crippen molar-refractivity contribution in [3.05, 3.63) is 82.6 Å². The topological polar surface area (TPSA) is 83.6 Å². The number of anilines is 1. The Morgan fingerprint density at radius 1 is 1.03 bits per heavy atom. The summed E-state index contributed by atoms with van der Waals surface area (Å²) in [6.07, 6.45) is 2.29. The number of nitrogens with zero attached hydrogens (tertiary/aromatic N) is 2. The molecule has 1 aliphatic rings. The number of fused-ring (bicyclic) bond motifs is 1. The Morgan fingerprint density at radius 3 is 2.58 bits per heavy atom. The fraction of sp³-hybridized carbons (Fsp3) is 0.174. The lowest BCUT2D eigenvalue weighted by Gasteiger charge is -2.29. The van der Waals surface area contributed by atoms with E-state index in [1.54, 1.807) is 48.3 Å². The number of rotatable bonds is 4. The first-order chi connectivity index (χ1) is 15.0. The maximum atomic E-state index is 12.7. The van der Waals surface area contributed by atoms with Crippen LogP contribution in [0.25, 0.3) is 0 Å². The fourth-order valence-electron chi connectivity index (χ4n) is 3.37. The van der Waals surface area contributed by atoms with Crippen LogP contribution in [0.2, 0.25) is 5.02 Å². The number of pyridine rings is 1. The molecule has 0 saturated carbocycles. The van der Waals surface area contributed by atoms with E-state index < -0.39 is 0 Å². The molecule has 8 heteroatoms. The van der Waals surface area contributed by atoms with Gasteiger partial charge < -0.3 is 20.3 Å². The van der Waals surface area contributed by atoms with Crippen molar-refractivity contribution in [2.24, 2.45) is 0 Å². The lowest BCUT2D eigenvalue weighted by atomic mass is 10.00. The van der Waals surface area contributed by atoms with Gasteiger partial charge in [-0.3, -0.25) is 9.78 Å². The minimum absolute atomic E-state index is 0.163. The Hall–Kier alpha value is -3.58. The van der Waals surface area contributed by atoms with Gasteiger partial charge in [-0.05, 0) is 60.0 Å². The highest BCUT2D eigenvalue weighted by molar-refractivity contribution is 6.30. The summed E-state index contributed by atoms with van der Waals surface area (Å²) in [5, 5.41) is 6.06. The van der Waals surface area contributed by atoms with E-state index in [0.717, 1.165) is 12.0 Å². The Kier molecular flexibility index (Phi) is 6.04. The van der Waals surface area contributed by atoms with Crippen LogP contribution in [-0.4, -0.2) is 35.4 Å². The number of nitrogens with one attached hydrogen (secondary N) is 2. The van der Waals surface area contributed by atoms with E-state index >= 15 is 0 Å². The number of carbonyl (C=O) groups is 2. The monoisotopic (exact) mass is 436 g/mol. The molecule has 0 saturated heterocycles. The SMILES string of the molecule is CNC(=O)c1cc(Oc2ccc3c(c2)CN(C(=O)Nc2ccc(Cl)cc2)CC3)ccn1. The zero-order chi connectivity index (χ0) is 21.8. The molecule has 2 N–H and O–H groups in total. The van der Waals surface area contributed by atoms with Crippen LogP contribution in [0.4, 0.5) is 10.5 Å². The molecule has 1 aliphatic heterocycles. The number of carbonyl (C=O) groups excluding carboxylic acids is 2. The third-order valence-electron chi connectivity index (χ3n) is 5.00. The molecule has 0 spiro atoms. The van der Waals surface area contributed by atoms with Gasteiger partial charge in [-0.2, -0.15) is 0 Å². The lowest BCUT2D eigenvalue weighted by Crippen LogP contribution is -2.38. The number of hydrogen-bond donors (Lipinski definition) is 2. The maximum absolute atomic E-state index is 12.7. The van der Waals surface area contributed by atoms with Crippen LogP contribution >= 0.6 is 11.6 Å². The van der Waals surface area contributed by atoms with E-state index in [1.165, 1.54) is 11.8 Å². The molecule has 2 heterocycles. The number of hydrogen-bond acceptors (Lipinski definition) is 4. The molecule has 0 atom stereocenters. The third-order valence-corrected chi connectivity index (χ3v) is 5.25. The second kappa shape index (κ2) is 9.06. The summed E-state index contributed by atoms with van der Waals surface area (Å²) in [5.74, 6) is 0.868. The van der Waals surface area contributed by atoms with Gasteiger partial charge in [0.2, 0.25) is 0 Å². The number of aromatic nitrogens is 1. The van der Waals surface area contributed by atoms with E-state index in [2.05, 4.69) is 15.6 Å². The fourth-order valence-corrected chi connectivity index (χ4v) is 3.50. The predicted octanol–water partition coefficient (Wildman–Crippen LogP) is 4.48. The largest absolute Gasteiger partial charge is 0.457 e. The van der Waals surface area contributed by atoms with E-state index in [9.17, 15) is 9.59 Å². The van der Waals surface area contributed by atoms with Crippen molar-refractivity contribution in [2.45, 2.75) is 13.0 Å². The highest BCUT2D eigenvalue weighted by Crippen LogP contribution is 2.28. The minimum atomic E-state index is -0.279. The van der Waals surface area contributed by atoms with Gasteiger partial charge in [-0.1, -0.05) is 17.7 Å². The number of amides is 3. The van der Waals surface area contributed by atoms with Gasteiger partial charge in [0, 0.05) is 43.1 Å². The van der Waals surface area contributed by atoms with Crippen LogP contribution in [0.15, 0.2) is 60.8 Å². The highest BCUT2D eigenvalue weighted by Gasteiger charge is 2.21. The van der Waals surface area contributed by atoms with Crippen molar-refractivity contribution in [3.63, 3.8) is 0 Å². The first-order valence-electron chi connectivity index (χ1n) is 9.81. The van der Waals surface area contributed by atoms with Gasteiger partial charge in [0.05, 0.1) is 0 Å². The molecular weight excluding hydrogens is 416 g/mol. The predicted molar refractivity (Wildman–Crippen MR) is 119 cm³/mol. The molecule has 1 aromatic heterocycles. The number of halogens is 1. The lowest BCUT2D eigenvalue weighted by molar-refractivity contribution is 0.0958. The number of benzene rings is 2. The van der Waals surface area contributed by atoms with Crippen molar-refractivity contribution in [1.82, 2.24) is 15.2 Å². The summed E-state index contributed by atoms with van der Waals surface area (Å²) in [6.45, 7) is 1.11. The van der Waals surface area contributed by atoms with Crippen molar-refractivity contribution in [2.75, 3.05) is 18.9 Å². The molecule has 2 aromatic carbocycles. The maximum Gasteiger partial charge on any atom is 0.322 e. The average Bonchev–Trinajstić information content (AvgIpc) is 2.79. The highest BCUT2D eigenvalue weighted by atomic mass is 35.5. The first-order valence-corrected chi connectivity index (χ1v) is 10.2. The van der Waals surface area contributed by atoms with E-state index in [-0.39, 0.29) is 17.6 Å². The summed E-state index contributed by atoms with van der Waals surface area (Å²) < 4.78 is 5.93. The summed E-state index contributed by atoms with van der Waals surface area (Å²) >= 11 is 5.90. The molecule has 0 bridgehead atoms. The summed E-state index contributed by atoms with van der Waals surface area (Å²) in [5.41, 5.74) is 3.18. The molecule has 158 valence electrons. The van der Waals surface area contributed by atoms with Gasteiger partial charge >= 0.3 is 6.03 Å². The molecule has 0 aliphatic carbocycles. The Balaban J connectivity index is 1.46. The van der Waals surface area contributed by atoms with Crippen molar-refractivity contribution < 1.29 is 14.3 Å². The second-order valence-corrected chi connectivity index (χ2v) is 7.53. The van der Waals surface area contributed by atoms with Crippen molar-refractivity contribution in [3.8, 4) is 11.5 Å². The standard InChI is InChI=1S/C23H21ClN4O3/c1-25-22(29)21-13-20(8-10-26-21)31-19-7-2-15-9-11-28(14-16(15)12-19)23(30)27-18-5-3-17(24)4-6-18/h2-8,10,12-13H,9,11,14H2,1H3,(H,25,29)(H,27,30). The van der Waals surface area contributed by atoms with Crippen molar-refractivity contribution in [1.29, 1.82) is 0 Å². The quantitative estimate of drug-likeness (QED) is 0.631. The van der Waals surface area contributed by atoms with Crippen molar-refractivity contribution >= 4 is 29.2 Å². The smallest absolute Gasteiger partial charge is 0.322 e. The van der Waals surface area contributed by atoms with E-state index in [4.69, 9.17) is 16.3 Å². The summed E-state index contributed by atoms with van der Waals surface area (Å²) in [7, 11) is 1.55.